The van der Waals surface area contributed by atoms with Gasteiger partial charge >= 0.3 is 6.61 Å². The van der Waals surface area contributed by atoms with Gasteiger partial charge in [0, 0.05) is 0 Å². The van der Waals surface area contributed by atoms with Gasteiger partial charge in [-0.05, 0) is 35.1 Å². The van der Waals surface area contributed by atoms with E-state index in [-0.39, 0.29) is 5.75 Å². The molecule has 0 bridgehead atoms. The number of rotatable bonds is 4. The highest BCUT2D eigenvalue weighted by atomic mass is 19.3. The Balaban J connectivity index is 0.000000235. The second-order valence-electron chi connectivity index (χ2n) is 5.67. The van der Waals surface area contributed by atoms with Crippen molar-refractivity contribution < 1.29 is 13.5 Å². The number of halogens is 2. The third-order valence-electron chi connectivity index (χ3n) is 3.24. The Bertz CT molecular complexity index is 519. The molecule has 0 atom stereocenters. The maximum atomic E-state index is 11.8. The number of alkyl halides is 2. The van der Waals surface area contributed by atoms with Crippen LogP contribution in [0.4, 0.5) is 8.78 Å². The Kier molecular flexibility index (Phi) is 7.58. The number of hydrogen-bond acceptors (Lipinski definition) is 1. The van der Waals surface area contributed by atoms with Crippen molar-refractivity contribution in [3.05, 3.63) is 65.7 Å². The topological polar surface area (TPSA) is 9.23 Å². The first-order valence-corrected chi connectivity index (χ1v) is 7.50. The summed E-state index contributed by atoms with van der Waals surface area (Å²) in [5.74, 6) is 1.27. The van der Waals surface area contributed by atoms with E-state index in [0.29, 0.717) is 11.8 Å². The highest BCUT2D eigenvalue weighted by Gasteiger charge is 2.04. The summed E-state index contributed by atoms with van der Waals surface area (Å²) in [7, 11) is 0. The molecule has 0 fully saturated rings. The molecule has 2 aromatic carbocycles. The third-order valence-corrected chi connectivity index (χ3v) is 3.24. The van der Waals surface area contributed by atoms with Gasteiger partial charge in [-0.3, -0.25) is 0 Å². The SMILES string of the molecule is CC(C)c1ccc(OC(F)F)cc1.CC(C)c1ccccc1. The second-order valence-corrected chi connectivity index (χ2v) is 5.67. The van der Waals surface area contributed by atoms with Gasteiger partial charge in [-0.25, -0.2) is 0 Å². The third kappa shape index (κ3) is 6.70. The van der Waals surface area contributed by atoms with Crippen LogP contribution in [0.25, 0.3) is 0 Å². The summed E-state index contributed by atoms with van der Waals surface area (Å²) in [6, 6.07) is 17.2. The smallest absolute Gasteiger partial charge is 0.387 e. The molecule has 0 heterocycles. The predicted octanol–water partition coefficient (Wildman–Crippen LogP) is 6.22. The van der Waals surface area contributed by atoms with Crippen molar-refractivity contribution in [2.75, 3.05) is 0 Å². The molecule has 0 aliphatic carbocycles. The Hall–Kier alpha value is -1.90. The summed E-state index contributed by atoms with van der Waals surface area (Å²) >= 11 is 0. The largest absolute Gasteiger partial charge is 0.435 e. The summed E-state index contributed by atoms with van der Waals surface area (Å²) in [5, 5.41) is 0. The molecule has 2 aromatic rings. The first-order chi connectivity index (χ1) is 10.4. The highest BCUT2D eigenvalue weighted by Crippen LogP contribution is 2.19. The van der Waals surface area contributed by atoms with Crippen LogP contribution in [0.15, 0.2) is 54.6 Å². The second kappa shape index (κ2) is 9.19. The van der Waals surface area contributed by atoms with E-state index in [9.17, 15) is 8.78 Å². The van der Waals surface area contributed by atoms with Crippen molar-refractivity contribution in [2.45, 2.75) is 46.1 Å². The molecule has 0 saturated carbocycles. The van der Waals surface area contributed by atoms with Crippen molar-refractivity contribution in [3.8, 4) is 5.75 Å². The van der Waals surface area contributed by atoms with Gasteiger partial charge in [-0.2, -0.15) is 8.78 Å². The van der Waals surface area contributed by atoms with Crippen LogP contribution in [0.5, 0.6) is 5.75 Å². The van der Waals surface area contributed by atoms with E-state index in [2.05, 4.69) is 42.8 Å². The molecule has 0 aliphatic rings. The number of benzene rings is 2. The maximum Gasteiger partial charge on any atom is 0.387 e. The zero-order valence-corrected chi connectivity index (χ0v) is 13.6. The predicted molar refractivity (Wildman–Crippen MR) is 87.7 cm³/mol. The molecule has 3 heteroatoms. The van der Waals surface area contributed by atoms with Gasteiger partial charge in [0.15, 0.2) is 0 Å². The highest BCUT2D eigenvalue weighted by molar-refractivity contribution is 5.28. The van der Waals surface area contributed by atoms with E-state index < -0.39 is 6.61 Å². The number of hydrogen-bond donors (Lipinski definition) is 0. The van der Waals surface area contributed by atoms with Gasteiger partial charge < -0.3 is 4.74 Å². The molecular formula is C19H24F2O. The molecule has 0 N–H and O–H groups in total. The first kappa shape index (κ1) is 18.1. The van der Waals surface area contributed by atoms with E-state index in [1.54, 1.807) is 24.3 Å². The molecule has 0 amide bonds. The minimum absolute atomic E-state index is 0.208. The fourth-order valence-corrected chi connectivity index (χ4v) is 1.87. The molecule has 0 aliphatic heterocycles. The van der Waals surface area contributed by atoms with Gasteiger partial charge in [-0.15, -0.1) is 0 Å². The first-order valence-electron chi connectivity index (χ1n) is 7.50. The molecule has 22 heavy (non-hydrogen) atoms. The Morgan fingerprint density at radius 2 is 1.14 bits per heavy atom. The van der Waals surface area contributed by atoms with Crippen LogP contribution < -0.4 is 4.74 Å². The van der Waals surface area contributed by atoms with Crippen molar-refractivity contribution >= 4 is 0 Å². The van der Waals surface area contributed by atoms with Gasteiger partial charge in [0.05, 0.1) is 0 Å². The van der Waals surface area contributed by atoms with Gasteiger partial charge in [-0.1, -0.05) is 70.2 Å². The van der Waals surface area contributed by atoms with Crippen LogP contribution in [-0.4, -0.2) is 6.61 Å². The van der Waals surface area contributed by atoms with Crippen LogP contribution in [-0.2, 0) is 0 Å². The van der Waals surface area contributed by atoms with Gasteiger partial charge in [0.1, 0.15) is 5.75 Å². The quantitative estimate of drug-likeness (QED) is 0.651. The maximum absolute atomic E-state index is 11.8. The zero-order chi connectivity index (χ0) is 16.5. The molecule has 0 unspecified atom stereocenters. The molecular weight excluding hydrogens is 282 g/mol. The fourth-order valence-electron chi connectivity index (χ4n) is 1.87. The minimum Gasteiger partial charge on any atom is -0.435 e. The average Bonchev–Trinajstić information content (AvgIpc) is 2.48. The van der Waals surface area contributed by atoms with Crippen molar-refractivity contribution in [1.82, 2.24) is 0 Å². The van der Waals surface area contributed by atoms with Crippen molar-refractivity contribution in [1.29, 1.82) is 0 Å². The Morgan fingerprint density at radius 3 is 1.50 bits per heavy atom. The summed E-state index contributed by atoms with van der Waals surface area (Å²) in [6.07, 6.45) is 0. The fraction of sp³-hybridized carbons (Fsp3) is 0.368. The Labute approximate surface area is 131 Å². The molecule has 0 spiro atoms. The summed E-state index contributed by atoms with van der Waals surface area (Å²) in [6.45, 7) is 5.75. The lowest BCUT2D eigenvalue weighted by molar-refractivity contribution is -0.0498. The lowest BCUT2D eigenvalue weighted by Gasteiger charge is -2.07. The Morgan fingerprint density at radius 1 is 0.682 bits per heavy atom. The van der Waals surface area contributed by atoms with E-state index in [1.165, 1.54) is 5.56 Å². The average molecular weight is 306 g/mol. The van der Waals surface area contributed by atoms with Gasteiger partial charge in [0.2, 0.25) is 0 Å². The molecule has 0 saturated heterocycles. The van der Waals surface area contributed by atoms with E-state index in [0.717, 1.165) is 5.56 Å². The van der Waals surface area contributed by atoms with Crippen LogP contribution in [0.2, 0.25) is 0 Å². The lowest BCUT2D eigenvalue weighted by atomic mass is 10.0. The van der Waals surface area contributed by atoms with Crippen molar-refractivity contribution in [2.24, 2.45) is 0 Å². The molecule has 0 radical (unpaired) electrons. The summed E-state index contributed by atoms with van der Waals surface area (Å²) in [4.78, 5) is 0. The van der Waals surface area contributed by atoms with Crippen molar-refractivity contribution in [3.63, 3.8) is 0 Å². The normalized spacial score (nSPS) is 10.6. The van der Waals surface area contributed by atoms with Crippen LogP contribution >= 0.6 is 0 Å². The standard InChI is InChI=1S/C10H12F2O.C9H12/c1-7(2)8-3-5-9(6-4-8)13-10(11)12;1-8(2)9-6-4-3-5-7-9/h3-7,10H,1-2H3;3-8H,1-2H3. The number of ether oxygens (including phenoxy) is 1. The van der Waals surface area contributed by atoms with Gasteiger partial charge in [0.25, 0.3) is 0 Å². The van der Waals surface area contributed by atoms with E-state index in [1.807, 2.05) is 19.9 Å². The van der Waals surface area contributed by atoms with Crippen LogP contribution in [0, 0.1) is 0 Å². The summed E-state index contributed by atoms with van der Waals surface area (Å²) < 4.78 is 27.7. The minimum atomic E-state index is -2.75. The lowest BCUT2D eigenvalue weighted by Crippen LogP contribution is -2.01. The zero-order valence-electron chi connectivity index (χ0n) is 13.6. The molecule has 2 rings (SSSR count). The van der Waals surface area contributed by atoms with Crippen LogP contribution in [0.1, 0.15) is 50.7 Å². The van der Waals surface area contributed by atoms with Crippen LogP contribution in [0.3, 0.4) is 0 Å². The van der Waals surface area contributed by atoms with E-state index in [4.69, 9.17) is 0 Å². The van der Waals surface area contributed by atoms with E-state index >= 15 is 0 Å². The monoisotopic (exact) mass is 306 g/mol. The molecule has 120 valence electrons. The molecule has 1 nitrogen and oxygen atoms in total. The summed E-state index contributed by atoms with van der Waals surface area (Å²) in [5.41, 5.74) is 2.53. The molecule has 0 aromatic heterocycles.